The molecule has 33 heavy (non-hydrogen) atoms. The van der Waals surface area contributed by atoms with Crippen LogP contribution in [0.2, 0.25) is 0 Å². The molecule has 6 nitrogen and oxygen atoms in total. The van der Waals surface area contributed by atoms with Crippen LogP contribution in [0.5, 0.6) is 0 Å². The minimum absolute atomic E-state index is 0.232. The zero-order valence-corrected chi connectivity index (χ0v) is 20.1. The quantitative estimate of drug-likeness (QED) is 0.504. The van der Waals surface area contributed by atoms with E-state index in [1.54, 1.807) is 4.90 Å². The van der Waals surface area contributed by atoms with E-state index in [2.05, 4.69) is 35.8 Å². The summed E-state index contributed by atoms with van der Waals surface area (Å²) in [5.74, 6) is 0.0782. The second-order valence-electron chi connectivity index (χ2n) is 9.81. The molecule has 1 amide bonds. The molecule has 0 spiro atoms. The highest BCUT2D eigenvalue weighted by atomic mass is 16.6. The topological polar surface area (TPSA) is 60.8 Å². The maximum atomic E-state index is 12.3. The third kappa shape index (κ3) is 4.90. The Morgan fingerprint density at radius 2 is 1.70 bits per heavy atom. The molecule has 0 N–H and O–H groups in total. The summed E-state index contributed by atoms with van der Waals surface area (Å²) in [4.78, 5) is 25.8. The number of ether oxygens (including phenoxy) is 2. The van der Waals surface area contributed by atoms with Crippen LogP contribution in [0.15, 0.2) is 48.5 Å². The lowest BCUT2D eigenvalue weighted by molar-refractivity contribution is -0.00323. The van der Waals surface area contributed by atoms with E-state index < -0.39 is 5.60 Å². The molecule has 174 valence electrons. The molecule has 6 heteroatoms. The van der Waals surface area contributed by atoms with Crippen molar-refractivity contribution in [1.82, 2.24) is 9.47 Å². The first-order valence-corrected chi connectivity index (χ1v) is 11.4. The number of hydrogen-bond acceptors (Lipinski definition) is 4. The van der Waals surface area contributed by atoms with Crippen molar-refractivity contribution in [1.29, 1.82) is 0 Å². The molecular formula is C27H32N2O4. The lowest BCUT2D eigenvalue weighted by atomic mass is 10.00. The van der Waals surface area contributed by atoms with Gasteiger partial charge < -0.3 is 18.9 Å². The van der Waals surface area contributed by atoms with E-state index in [-0.39, 0.29) is 12.1 Å². The van der Waals surface area contributed by atoms with Gasteiger partial charge in [-0.15, -0.1) is 0 Å². The van der Waals surface area contributed by atoms with Crippen LogP contribution in [0.4, 0.5) is 4.79 Å². The van der Waals surface area contributed by atoms with Gasteiger partial charge in [-0.05, 0) is 63.4 Å². The Morgan fingerprint density at radius 1 is 1.03 bits per heavy atom. The molecule has 0 aliphatic carbocycles. The van der Waals surface area contributed by atoms with E-state index in [4.69, 9.17) is 9.47 Å². The first kappa shape index (κ1) is 22.9. The summed E-state index contributed by atoms with van der Waals surface area (Å²) in [5, 5.41) is 1.25. The minimum Gasteiger partial charge on any atom is -0.465 e. The van der Waals surface area contributed by atoms with Gasteiger partial charge in [-0.2, -0.15) is 0 Å². The number of fused-ring (bicyclic) bond motifs is 1. The summed E-state index contributed by atoms with van der Waals surface area (Å²) >= 11 is 0. The van der Waals surface area contributed by atoms with Gasteiger partial charge in [0.15, 0.2) is 0 Å². The highest BCUT2D eigenvalue weighted by molar-refractivity contribution is 5.89. The summed E-state index contributed by atoms with van der Waals surface area (Å²) in [6, 6.07) is 16.1. The van der Waals surface area contributed by atoms with Crippen molar-refractivity contribution in [3.05, 3.63) is 70.9 Å². The molecule has 0 atom stereocenters. The Labute approximate surface area is 195 Å². The summed E-state index contributed by atoms with van der Waals surface area (Å²) in [7, 11) is 1.39. The smallest absolute Gasteiger partial charge is 0.410 e. The molecule has 0 unspecified atom stereocenters. The number of carbonyl (C=O) groups excluding carboxylic acids is 2. The van der Waals surface area contributed by atoms with E-state index in [1.807, 2.05) is 45.0 Å². The molecule has 0 saturated carbocycles. The molecule has 1 fully saturated rings. The summed E-state index contributed by atoms with van der Waals surface area (Å²) in [5.41, 5.74) is 4.98. The second-order valence-corrected chi connectivity index (χ2v) is 9.81. The molecule has 1 aromatic heterocycles. The van der Waals surface area contributed by atoms with Gasteiger partial charge in [0.25, 0.3) is 0 Å². The lowest BCUT2D eigenvalue weighted by Crippen LogP contribution is -2.52. The minimum atomic E-state index is -0.473. The van der Waals surface area contributed by atoms with Gasteiger partial charge in [0.1, 0.15) is 5.60 Å². The summed E-state index contributed by atoms with van der Waals surface area (Å²) in [6.45, 7) is 10.1. The van der Waals surface area contributed by atoms with Crippen LogP contribution in [0.1, 0.15) is 48.0 Å². The number of para-hydroxylation sites is 1. The van der Waals surface area contributed by atoms with Gasteiger partial charge in [-0.3, -0.25) is 0 Å². The average molecular weight is 449 g/mol. The molecule has 3 aromatic rings. The third-order valence-electron chi connectivity index (χ3n) is 6.17. The molecule has 2 aromatic carbocycles. The number of esters is 1. The molecule has 1 aliphatic heterocycles. The van der Waals surface area contributed by atoms with Crippen molar-refractivity contribution in [2.24, 2.45) is 5.92 Å². The third-order valence-corrected chi connectivity index (χ3v) is 6.17. The lowest BCUT2D eigenvalue weighted by Gasteiger charge is -2.40. The SMILES string of the molecule is COC(=O)c1ccc(Cc2c(C)n(CC3CN(C(=O)OC(C)(C)C)C3)c3ccccc23)cc1. The van der Waals surface area contributed by atoms with Crippen molar-refractivity contribution in [3.63, 3.8) is 0 Å². The number of carbonyl (C=O) groups is 2. The van der Waals surface area contributed by atoms with Gasteiger partial charge in [-0.1, -0.05) is 30.3 Å². The molecule has 4 rings (SSSR count). The van der Waals surface area contributed by atoms with Crippen LogP contribution in [0.25, 0.3) is 10.9 Å². The van der Waals surface area contributed by atoms with Crippen molar-refractivity contribution >= 4 is 23.0 Å². The predicted octanol–water partition coefficient (Wildman–Crippen LogP) is 5.19. The Bertz CT molecular complexity index is 1170. The van der Waals surface area contributed by atoms with Crippen molar-refractivity contribution < 1.29 is 19.1 Å². The number of nitrogens with zero attached hydrogens (tertiary/aromatic N) is 2. The zero-order valence-electron chi connectivity index (χ0n) is 20.1. The van der Waals surface area contributed by atoms with Crippen LogP contribution in [0, 0.1) is 12.8 Å². The van der Waals surface area contributed by atoms with E-state index in [9.17, 15) is 9.59 Å². The maximum absolute atomic E-state index is 12.3. The van der Waals surface area contributed by atoms with Crippen molar-refractivity contribution in [2.45, 2.75) is 46.3 Å². The van der Waals surface area contributed by atoms with Crippen molar-refractivity contribution in [3.8, 4) is 0 Å². The van der Waals surface area contributed by atoms with E-state index in [1.165, 1.54) is 29.3 Å². The Morgan fingerprint density at radius 3 is 2.33 bits per heavy atom. The molecule has 2 heterocycles. The standard InChI is InChI=1S/C27H32N2O4/c1-18-23(14-19-10-12-21(13-11-19)25(30)32-5)22-8-6-7-9-24(22)29(18)17-20-15-28(16-20)26(31)33-27(2,3)4/h6-13,20H,14-17H2,1-5H3. The summed E-state index contributed by atoms with van der Waals surface area (Å²) < 4.78 is 12.7. The molecule has 0 bridgehead atoms. The zero-order chi connectivity index (χ0) is 23.8. The summed E-state index contributed by atoms with van der Waals surface area (Å²) in [6.07, 6.45) is 0.555. The Kier molecular flexibility index (Phi) is 6.19. The highest BCUT2D eigenvalue weighted by Crippen LogP contribution is 2.31. The number of aromatic nitrogens is 1. The van der Waals surface area contributed by atoms with Crippen LogP contribution < -0.4 is 0 Å². The van der Waals surface area contributed by atoms with E-state index in [0.29, 0.717) is 24.6 Å². The van der Waals surface area contributed by atoms with Gasteiger partial charge in [0, 0.05) is 42.1 Å². The van der Waals surface area contributed by atoms with E-state index >= 15 is 0 Å². The number of benzene rings is 2. The number of likely N-dealkylation sites (tertiary alicyclic amines) is 1. The predicted molar refractivity (Wildman–Crippen MR) is 129 cm³/mol. The number of amides is 1. The number of rotatable bonds is 5. The molecule has 1 aliphatic rings. The van der Waals surface area contributed by atoms with Crippen LogP contribution >= 0.6 is 0 Å². The Balaban J connectivity index is 1.51. The van der Waals surface area contributed by atoms with Crippen LogP contribution in [-0.4, -0.2) is 47.3 Å². The fraction of sp³-hybridized carbons (Fsp3) is 0.407. The van der Waals surface area contributed by atoms with Gasteiger partial charge in [-0.25, -0.2) is 9.59 Å². The molecule has 1 saturated heterocycles. The van der Waals surface area contributed by atoms with Gasteiger partial charge in [0.05, 0.1) is 12.7 Å². The van der Waals surface area contributed by atoms with Crippen LogP contribution in [-0.2, 0) is 22.4 Å². The van der Waals surface area contributed by atoms with Crippen molar-refractivity contribution in [2.75, 3.05) is 20.2 Å². The number of methoxy groups -OCH3 is 1. The van der Waals surface area contributed by atoms with Crippen LogP contribution in [0.3, 0.4) is 0 Å². The normalized spacial score (nSPS) is 14.3. The first-order chi connectivity index (χ1) is 15.7. The fourth-order valence-electron chi connectivity index (χ4n) is 4.46. The monoisotopic (exact) mass is 448 g/mol. The first-order valence-electron chi connectivity index (χ1n) is 11.4. The Hall–Kier alpha value is -3.28. The highest BCUT2D eigenvalue weighted by Gasteiger charge is 2.34. The molecular weight excluding hydrogens is 416 g/mol. The largest absolute Gasteiger partial charge is 0.465 e. The second kappa shape index (κ2) is 8.93. The number of hydrogen-bond donors (Lipinski definition) is 0. The maximum Gasteiger partial charge on any atom is 0.410 e. The fourth-order valence-corrected chi connectivity index (χ4v) is 4.46. The van der Waals surface area contributed by atoms with Gasteiger partial charge >= 0.3 is 12.1 Å². The van der Waals surface area contributed by atoms with E-state index in [0.717, 1.165) is 18.5 Å². The average Bonchev–Trinajstić information content (AvgIpc) is 3.00. The van der Waals surface area contributed by atoms with Gasteiger partial charge in [0.2, 0.25) is 0 Å². The molecule has 0 radical (unpaired) electrons.